The van der Waals surface area contributed by atoms with Crippen LogP contribution in [0.15, 0.2) is 24.3 Å². The molecule has 0 saturated carbocycles. The monoisotopic (exact) mass is 277 g/mol. The van der Waals surface area contributed by atoms with Gasteiger partial charge < -0.3 is 15.0 Å². The van der Waals surface area contributed by atoms with E-state index in [4.69, 9.17) is 4.74 Å². The van der Waals surface area contributed by atoms with E-state index in [1.165, 1.54) is 5.56 Å². The molecule has 20 heavy (non-hydrogen) atoms. The highest BCUT2D eigenvalue weighted by atomic mass is 16.5. The average molecular weight is 277 g/mol. The van der Waals surface area contributed by atoms with Gasteiger partial charge in [-0.05, 0) is 38.7 Å². The second-order valence-corrected chi connectivity index (χ2v) is 5.62. The third kappa shape index (κ3) is 3.51. The van der Waals surface area contributed by atoms with E-state index >= 15 is 0 Å². The summed E-state index contributed by atoms with van der Waals surface area (Å²) in [7, 11) is 5.94. The van der Waals surface area contributed by atoms with Gasteiger partial charge in [-0.2, -0.15) is 0 Å². The summed E-state index contributed by atoms with van der Waals surface area (Å²) < 4.78 is 5.23. The fourth-order valence-electron chi connectivity index (χ4n) is 2.94. The number of nitrogens with zero attached hydrogens (tertiary/aromatic N) is 2. The molecule has 1 aliphatic rings. The van der Waals surface area contributed by atoms with Crippen LogP contribution in [0.2, 0.25) is 0 Å². The zero-order chi connectivity index (χ0) is 14.5. The second kappa shape index (κ2) is 7.07. The van der Waals surface area contributed by atoms with Gasteiger partial charge >= 0.3 is 0 Å². The smallest absolute Gasteiger partial charge is 0.118 e. The molecule has 1 aromatic carbocycles. The molecule has 2 rings (SSSR count). The molecule has 0 spiro atoms. The first-order valence-electron chi connectivity index (χ1n) is 7.39. The Hall–Kier alpha value is -1.10. The fraction of sp³-hybridized carbons (Fsp3) is 0.625. The van der Waals surface area contributed by atoms with Gasteiger partial charge in [0.05, 0.1) is 7.11 Å². The van der Waals surface area contributed by atoms with E-state index in [1.807, 2.05) is 19.2 Å². The highest BCUT2D eigenvalue weighted by Crippen LogP contribution is 2.23. The van der Waals surface area contributed by atoms with Crippen molar-refractivity contribution in [1.29, 1.82) is 0 Å². The summed E-state index contributed by atoms with van der Waals surface area (Å²) in [6.45, 7) is 6.92. The molecule has 2 atom stereocenters. The van der Waals surface area contributed by atoms with Crippen LogP contribution in [0.5, 0.6) is 5.75 Å². The summed E-state index contributed by atoms with van der Waals surface area (Å²) in [5, 5.41) is 3.47. The molecule has 0 amide bonds. The van der Waals surface area contributed by atoms with Gasteiger partial charge in [-0.15, -0.1) is 0 Å². The van der Waals surface area contributed by atoms with Gasteiger partial charge in [0.2, 0.25) is 0 Å². The van der Waals surface area contributed by atoms with Gasteiger partial charge in [-0.25, -0.2) is 0 Å². The first-order chi connectivity index (χ1) is 9.65. The van der Waals surface area contributed by atoms with E-state index in [0.717, 1.165) is 31.9 Å². The summed E-state index contributed by atoms with van der Waals surface area (Å²) in [4.78, 5) is 4.97. The normalized spacial score (nSPS) is 20.6. The molecule has 112 valence electrons. The van der Waals surface area contributed by atoms with Gasteiger partial charge in [0.15, 0.2) is 0 Å². The van der Waals surface area contributed by atoms with Crippen molar-refractivity contribution >= 4 is 0 Å². The Bertz CT molecular complexity index is 399. The number of methoxy groups -OCH3 is 1. The lowest BCUT2D eigenvalue weighted by atomic mass is 9.98. The van der Waals surface area contributed by atoms with Gasteiger partial charge in [0.1, 0.15) is 5.75 Å². The van der Waals surface area contributed by atoms with Crippen molar-refractivity contribution < 1.29 is 4.74 Å². The van der Waals surface area contributed by atoms with E-state index in [9.17, 15) is 0 Å². The maximum absolute atomic E-state index is 5.23. The predicted octanol–water partition coefficient (Wildman–Crippen LogP) is 1.59. The van der Waals surface area contributed by atoms with Crippen molar-refractivity contribution in [2.45, 2.75) is 19.0 Å². The number of rotatable bonds is 5. The average Bonchev–Trinajstić information content (AvgIpc) is 2.49. The molecule has 2 unspecified atom stereocenters. The third-order valence-corrected chi connectivity index (χ3v) is 4.38. The Morgan fingerprint density at radius 3 is 2.20 bits per heavy atom. The number of benzene rings is 1. The van der Waals surface area contributed by atoms with Crippen LogP contribution in [-0.2, 0) is 0 Å². The van der Waals surface area contributed by atoms with Crippen LogP contribution in [-0.4, -0.2) is 63.2 Å². The fourth-order valence-corrected chi connectivity index (χ4v) is 2.94. The summed E-state index contributed by atoms with van der Waals surface area (Å²) >= 11 is 0. The minimum Gasteiger partial charge on any atom is -0.497 e. The van der Waals surface area contributed by atoms with Gasteiger partial charge in [-0.3, -0.25) is 4.90 Å². The van der Waals surface area contributed by atoms with Crippen LogP contribution < -0.4 is 10.1 Å². The van der Waals surface area contributed by atoms with Crippen LogP contribution in [0, 0.1) is 0 Å². The Balaban J connectivity index is 2.06. The van der Waals surface area contributed by atoms with Crippen LogP contribution in [0.25, 0.3) is 0 Å². The molecule has 0 aromatic heterocycles. The number of hydrogen-bond acceptors (Lipinski definition) is 4. The molecule has 0 aliphatic carbocycles. The van der Waals surface area contributed by atoms with Gasteiger partial charge in [0, 0.05) is 38.3 Å². The Kier molecular flexibility index (Phi) is 5.40. The van der Waals surface area contributed by atoms with Crippen molar-refractivity contribution in [3.8, 4) is 5.75 Å². The van der Waals surface area contributed by atoms with E-state index in [-0.39, 0.29) is 0 Å². The number of piperazine rings is 1. The lowest BCUT2D eigenvalue weighted by Gasteiger charge is -2.40. The van der Waals surface area contributed by atoms with Crippen LogP contribution in [0.1, 0.15) is 18.5 Å². The van der Waals surface area contributed by atoms with Crippen molar-refractivity contribution in [1.82, 2.24) is 15.1 Å². The molecule has 1 aliphatic heterocycles. The summed E-state index contributed by atoms with van der Waals surface area (Å²) in [6.07, 6.45) is 0. The largest absolute Gasteiger partial charge is 0.497 e. The second-order valence-electron chi connectivity index (χ2n) is 5.62. The topological polar surface area (TPSA) is 27.7 Å². The number of likely N-dealkylation sites (N-methyl/N-ethyl adjacent to an activating group) is 2. The quantitative estimate of drug-likeness (QED) is 0.884. The molecule has 1 heterocycles. The molecule has 4 nitrogen and oxygen atoms in total. The standard InChI is InChI=1S/C16H27N3O/c1-13(19-11-9-18(3)10-12-19)16(17-2)14-5-7-15(20-4)8-6-14/h5-8,13,16-17H,9-12H2,1-4H3. The highest BCUT2D eigenvalue weighted by Gasteiger charge is 2.26. The molecule has 1 saturated heterocycles. The molecular formula is C16H27N3O. The molecule has 4 heteroatoms. The lowest BCUT2D eigenvalue weighted by Crippen LogP contribution is -2.51. The van der Waals surface area contributed by atoms with Gasteiger partial charge in [-0.1, -0.05) is 12.1 Å². The van der Waals surface area contributed by atoms with E-state index in [1.54, 1.807) is 7.11 Å². The molecule has 1 aromatic rings. The highest BCUT2D eigenvalue weighted by molar-refractivity contribution is 5.29. The maximum atomic E-state index is 5.23. The molecule has 0 radical (unpaired) electrons. The molecule has 1 N–H and O–H groups in total. The number of ether oxygens (including phenoxy) is 1. The third-order valence-electron chi connectivity index (χ3n) is 4.38. The van der Waals surface area contributed by atoms with Crippen molar-refractivity contribution in [3.63, 3.8) is 0 Å². The Morgan fingerprint density at radius 2 is 1.70 bits per heavy atom. The summed E-state index contributed by atoms with van der Waals surface area (Å²) in [5.41, 5.74) is 1.32. The number of hydrogen-bond donors (Lipinski definition) is 1. The van der Waals surface area contributed by atoms with Gasteiger partial charge in [0.25, 0.3) is 0 Å². The first kappa shape index (κ1) is 15.3. The SMILES string of the molecule is CNC(c1ccc(OC)cc1)C(C)N1CCN(C)CC1. The Morgan fingerprint density at radius 1 is 1.10 bits per heavy atom. The zero-order valence-corrected chi connectivity index (χ0v) is 13.1. The molecule has 0 bridgehead atoms. The van der Waals surface area contributed by atoms with E-state index in [2.05, 4.69) is 41.2 Å². The summed E-state index contributed by atoms with van der Waals surface area (Å²) in [5.74, 6) is 0.913. The number of nitrogens with one attached hydrogen (secondary N) is 1. The van der Waals surface area contributed by atoms with Crippen LogP contribution >= 0.6 is 0 Å². The predicted molar refractivity (Wildman–Crippen MR) is 83.3 cm³/mol. The van der Waals surface area contributed by atoms with E-state index < -0.39 is 0 Å². The van der Waals surface area contributed by atoms with Crippen molar-refractivity contribution in [2.24, 2.45) is 0 Å². The Labute approximate surface area is 122 Å². The molecule has 1 fully saturated rings. The van der Waals surface area contributed by atoms with Crippen molar-refractivity contribution in [3.05, 3.63) is 29.8 Å². The zero-order valence-electron chi connectivity index (χ0n) is 13.1. The van der Waals surface area contributed by atoms with Crippen LogP contribution in [0.4, 0.5) is 0 Å². The minimum absolute atomic E-state index is 0.351. The maximum Gasteiger partial charge on any atom is 0.118 e. The molecular weight excluding hydrogens is 250 g/mol. The minimum atomic E-state index is 0.351. The van der Waals surface area contributed by atoms with Crippen LogP contribution in [0.3, 0.4) is 0 Å². The summed E-state index contributed by atoms with van der Waals surface area (Å²) in [6, 6.07) is 9.23. The first-order valence-corrected chi connectivity index (χ1v) is 7.39. The van der Waals surface area contributed by atoms with E-state index in [0.29, 0.717) is 12.1 Å². The lowest BCUT2D eigenvalue weighted by molar-refractivity contribution is 0.100. The van der Waals surface area contributed by atoms with Crippen molar-refractivity contribution in [2.75, 3.05) is 47.4 Å².